The summed E-state index contributed by atoms with van der Waals surface area (Å²) in [6.45, 7) is 4.13. The van der Waals surface area contributed by atoms with Gasteiger partial charge in [-0.3, -0.25) is 0 Å². The summed E-state index contributed by atoms with van der Waals surface area (Å²) in [5.41, 5.74) is 1.62. The molecule has 0 N–H and O–H groups in total. The third-order valence-corrected chi connectivity index (χ3v) is 4.36. The average Bonchev–Trinajstić information content (AvgIpc) is 2.88. The molecule has 1 aliphatic rings. The smallest absolute Gasteiger partial charge is 0.147 e. The van der Waals surface area contributed by atoms with Crippen LogP contribution < -0.4 is 4.90 Å². The van der Waals surface area contributed by atoms with Crippen LogP contribution >= 0.6 is 0 Å². The third-order valence-electron chi connectivity index (χ3n) is 4.36. The molecule has 0 spiro atoms. The highest BCUT2D eigenvalue weighted by Crippen LogP contribution is 2.29. The van der Waals surface area contributed by atoms with Gasteiger partial charge >= 0.3 is 0 Å². The van der Waals surface area contributed by atoms with E-state index in [-0.39, 0.29) is 0 Å². The molecule has 4 nitrogen and oxygen atoms in total. The number of nitrogens with zero attached hydrogens (tertiary/aromatic N) is 4. The molecule has 1 aromatic heterocycles. The Morgan fingerprint density at radius 1 is 1.29 bits per heavy atom. The van der Waals surface area contributed by atoms with Crippen LogP contribution in [0.1, 0.15) is 12.5 Å². The van der Waals surface area contributed by atoms with Crippen LogP contribution in [-0.2, 0) is 0 Å². The van der Waals surface area contributed by atoms with Crippen LogP contribution in [0.4, 0.5) is 5.82 Å². The van der Waals surface area contributed by atoms with Crippen LogP contribution in [0.2, 0.25) is 0 Å². The van der Waals surface area contributed by atoms with E-state index in [1.165, 1.54) is 0 Å². The molecule has 2 heterocycles. The van der Waals surface area contributed by atoms with E-state index in [1.54, 1.807) is 0 Å². The maximum absolute atomic E-state index is 9.45. The fraction of sp³-hybridized carbons (Fsp3) is 0.412. The molecular formula is C17H20N4. The Bertz CT molecular complexity index is 701. The predicted molar refractivity (Wildman–Crippen MR) is 85.3 cm³/mol. The number of benzene rings is 1. The number of likely N-dealkylation sites (N-methyl/N-ethyl adjacent to an activating group) is 1. The van der Waals surface area contributed by atoms with Gasteiger partial charge in [-0.05, 0) is 32.1 Å². The first-order valence-electron chi connectivity index (χ1n) is 7.31. The number of aromatic nitrogens is 1. The normalized spacial score (nSPS) is 22.0. The van der Waals surface area contributed by atoms with Gasteiger partial charge in [0, 0.05) is 24.5 Å². The lowest BCUT2D eigenvalue weighted by molar-refractivity contribution is 0.266. The Morgan fingerprint density at radius 2 is 2.05 bits per heavy atom. The monoisotopic (exact) mass is 280 g/mol. The van der Waals surface area contributed by atoms with E-state index >= 15 is 0 Å². The van der Waals surface area contributed by atoms with Crippen LogP contribution in [0, 0.1) is 17.2 Å². The highest BCUT2D eigenvalue weighted by Gasteiger charge is 2.32. The quantitative estimate of drug-likeness (QED) is 0.847. The minimum Gasteiger partial charge on any atom is -0.354 e. The summed E-state index contributed by atoms with van der Waals surface area (Å²) >= 11 is 0. The van der Waals surface area contributed by atoms with E-state index in [4.69, 9.17) is 4.98 Å². The molecule has 0 bridgehead atoms. The molecule has 1 aliphatic heterocycles. The molecule has 0 radical (unpaired) electrons. The minimum absolute atomic E-state index is 0.504. The number of rotatable bonds is 2. The topological polar surface area (TPSA) is 43.2 Å². The Kier molecular flexibility index (Phi) is 3.52. The second-order valence-corrected chi connectivity index (χ2v) is 6.08. The lowest BCUT2D eigenvalue weighted by Gasteiger charge is -2.23. The van der Waals surface area contributed by atoms with Gasteiger partial charge in [-0.1, -0.05) is 25.1 Å². The molecule has 0 aliphatic carbocycles. The zero-order valence-corrected chi connectivity index (χ0v) is 12.7. The first-order chi connectivity index (χ1) is 10.1. The van der Waals surface area contributed by atoms with Crippen molar-refractivity contribution in [3.05, 3.63) is 35.9 Å². The fourth-order valence-electron chi connectivity index (χ4n) is 3.22. The van der Waals surface area contributed by atoms with E-state index in [0.29, 0.717) is 17.5 Å². The van der Waals surface area contributed by atoms with Gasteiger partial charge in [-0.2, -0.15) is 5.26 Å². The van der Waals surface area contributed by atoms with Crippen molar-refractivity contribution in [2.75, 3.05) is 32.1 Å². The van der Waals surface area contributed by atoms with Crippen molar-refractivity contribution in [3.8, 4) is 6.07 Å². The zero-order chi connectivity index (χ0) is 15.0. The second kappa shape index (κ2) is 5.34. The standard InChI is InChI=1S/C17H20N4/c1-12-10-21(11-16(12)20(2)3)17-14(9-18)8-13-6-4-5-7-15(13)19-17/h4-8,12,16H,10-11H2,1-3H3. The summed E-state index contributed by atoms with van der Waals surface area (Å²) in [5, 5.41) is 10.5. The van der Waals surface area contributed by atoms with Gasteiger partial charge in [0.05, 0.1) is 11.1 Å². The lowest BCUT2D eigenvalue weighted by atomic mass is 10.1. The maximum Gasteiger partial charge on any atom is 0.147 e. The van der Waals surface area contributed by atoms with Crippen LogP contribution in [0.15, 0.2) is 30.3 Å². The summed E-state index contributed by atoms with van der Waals surface area (Å²) in [6.07, 6.45) is 0. The van der Waals surface area contributed by atoms with Gasteiger partial charge in [-0.15, -0.1) is 0 Å². The molecule has 3 rings (SSSR count). The molecule has 2 unspecified atom stereocenters. The number of pyridine rings is 1. The number of para-hydroxylation sites is 1. The Morgan fingerprint density at radius 3 is 2.71 bits per heavy atom. The molecule has 4 heteroatoms. The van der Waals surface area contributed by atoms with Crippen molar-refractivity contribution in [1.29, 1.82) is 5.26 Å². The van der Waals surface area contributed by atoms with E-state index in [1.807, 2.05) is 30.3 Å². The largest absolute Gasteiger partial charge is 0.354 e. The molecule has 2 aromatic rings. The molecule has 21 heavy (non-hydrogen) atoms. The Labute approximate surface area is 125 Å². The van der Waals surface area contributed by atoms with Gasteiger partial charge in [-0.25, -0.2) is 4.98 Å². The number of anilines is 1. The minimum atomic E-state index is 0.504. The van der Waals surface area contributed by atoms with Crippen molar-refractivity contribution in [3.63, 3.8) is 0 Å². The molecule has 108 valence electrons. The van der Waals surface area contributed by atoms with Crippen LogP contribution in [0.25, 0.3) is 10.9 Å². The molecular weight excluding hydrogens is 260 g/mol. The summed E-state index contributed by atoms with van der Waals surface area (Å²) in [7, 11) is 4.23. The number of hydrogen-bond acceptors (Lipinski definition) is 4. The Balaban J connectivity index is 2.02. The summed E-state index contributed by atoms with van der Waals surface area (Å²) in [4.78, 5) is 9.25. The first kappa shape index (κ1) is 13.8. The van der Waals surface area contributed by atoms with Crippen LogP contribution in [0.3, 0.4) is 0 Å². The van der Waals surface area contributed by atoms with Crippen LogP contribution in [-0.4, -0.2) is 43.1 Å². The average molecular weight is 280 g/mol. The fourth-order valence-corrected chi connectivity index (χ4v) is 3.22. The van der Waals surface area contributed by atoms with Gasteiger partial charge in [0.1, 0.15) is 11.9 Å². The van der Waals surface area contributed by atoms with Crippen molar-refractivity contribution in [2.45, 2.75) is 13.0 Å². The lowest BCUT2D eigenvalue weighted by Crippen LogP contribution is -2.34. The van der Waals surface area contributed by atoms with Gasteiger partial charge in [0.2, 0.25) is 0 Å². The van der Waals surface area contributed by atoms with E-state index in [9.17, 15) is 5.26 Å². The molecule has 1 aromatic carbocycles. The summed E-state index contributed by atoms with van der Waals surface area (Å²) in [5.74, 6) is 1.40. The van der Waals surface area contributed by atoms with Crippen molar-refractivity contribution >= 4 is 16.7 Å². The highest BCUT2D eigenvalue weighted by molar-refractivity contribution is 5.83. The maximum atomic E-state index is 9.45. The first-order valence-corrected chi connectivity index (χ1v) is 7.31. The molecule has 1 fully saturated rings. The molecule has 0 saturated carbocycles. The van der Waals surface area contributed by atoms with Crippen LogP contribution in [0.5, 0.6) is 0 Å². The van der Waals surface area contributed by atoms with Gasteiger partial charge < -0.3 is 9.80 Å². The van der Waals surface area contributed by atoms with Crippen molar-refractivity contribution in [2.24, 2.45) is 5.92 Å². The third kappa shape index (κ3) is 2.45. The number of nitriles is 1. The van der Waals surface area contributed by atoms with Gasteiger partial charge in [0.15, 0.2) is 0 Å². The SMILES string of the molecule is CC1CN(c2nc3ccccc3cc2C#N)CC1N(C)C. The van der Waals surface area contributed by atoms with Crippen molar-refractivity contribution in [1.82, 2.24) is 9.88 Å². The van der Waals surface area contributed by atoms with Gasteiger partial charge in [0.25, 0.3) is 0 Å². The van der Waals surface area contributed by atoms with E-state index in [0.717, 1.165) is 29.8 Å². The zero-order valence-electron chi connectivity index (χ0n) is 12.7. The molecule has 1 saturated heterocycles. The van der Waals surface area contributed by atoms with Crippen molar-refractivity contribution < 1.29 is 0 Å². The van der Waals surface area contributed by atoms with E-state index < -0.39 is 0 Å². The number of fused-ring (bicyclic) bond motifs is 1. The predicted octanol–water partition coefficient (Wildman–Crippen LogP) is 2.49. The van der Waals surface area contributed by atoms with E-state index in [2.05, 4.69) is 36.9 Å². The summed E-state index contributed by atoms with van der Waals surface area (Å²) < 4.78 is 0. The summed E-state index contributed by atoms with van der Waals surface area (Å²) in [6, 6.07) is 12.7. The molecule has 2 atom stereocenters. The molecule has 0 amide bonds. The number of hydrogen-bond donors (Lipinski definition) is 0. The second-order valence-electron chi connectivity index (χ2n) is 6.08. The Hall–Kier alpha value is -2.12. The highest BCUT2D eigenvalue weighted by atomic mass is 15.3.